The van der Waals surface area contributed by atoms with E-state index >= 15 is 0 Å². The predicted octanol–water partition coefficient (Wildman–Crippen LogP) is 1.37. The Morgan fingerprint density at radius 1 is 1.19 bits per heavy atom. The van der Waals surface area contributed by atoms with Gasteiger partial charge in [-0.05, 0) is 5.56 Å². The molecule has 1 aromatic rings. The highest BCUT2D eigenvalue weighted by Crippen LogP contribution is 2.05. The van der Waals surface area contributed by atoms with Gasteiger partial charge in [0.15, 0.2) is 5.96 Å². The van der Waals surface area contributed by atoms with Crippen LogP contribution in [0.3, 0.4) is 0 Å². The van der Waals surface area contributed by atoms with Gasteiger partial charge in [-0.1, -0.05) is 42.5 Å². The summed E-state index contributed by atoms with van der Waals surface area (Å²) in [4.78, 5) is 22.3. The van der Waals surface area contributed by atoms with Gasteiger partial charge in [-0.15, -0.1) is 0 Å². The van der Waals surface area contributed by atoms with Crippen molar-refractivity contribution in [3.63, 3.8) is 0 Å². The van der Waals surface area contributed by atoms with E-state index in [-0.39, 0.29) is 5.91 Å². The molecule has 1 fully saturated rings. The molecule has 1 amide bonds. The molecule has 0 aliphatic carbocycles. The van der Waals surface area contributed by atoms with Crippen LogP contribution in [-0.4, -0.2) is 87.0 Å². The first-order chi connectivity index (χ1) is 12.6. The first-order valence-electron chi connectivity index (χ1n) is 9.20. The normalized spacial score (nSPS) is 16.1. The van der Waals surface area contributed by atoms with Crippen molar-refractivity contribution in [3.8, 4) is 0 Å². The van der Waals surface area contributed by atoms with Crippen LogP contribution in [0.25, 0.3) is 6.08 Å². The van der Waals surface area contributed by atoms with Crippen LogP contribution < -0.4 is 5.32 Å². The van der Waals surface area contributed by atoms with Crippen molar-refractivity contribution >= 4 is 17.9 Å². The van der Waals surface area contributed by atoms with E-state index in [0.717, 1.165) is 38.7 Å². The summed E-state index contributed by atoms with van der Waals surface area (Å²) in [5, 5.41) is 3.30. The second-order valence-electron chi connectivity index (χ2n) is 6.61. The van der Waals surface area contributed by atoms with Crippen molar-refractivity contribution < 1.29 is 4.79 Å². The molecule has 0 saturated carbocycles. The number of guanidine groups is 1. The third-order valence-electron chi connectivity index (χ3n) is 4.48. The molecule has 0 radical (unpaired) electrons. The summed E-state index contributed by atoms with van der Waals surface area (Å²) in [7, 11) is 5.36. The highest BCUT2D eigenvalue weighted by Gasteiger charge is 2.18. The molecule has 1 aromatic carbocycles. The highest BCUT2D eigenvalue weighted by atomic mass is 16.2. The maximum absolute atomic E-state index is 11.7. The number of rotatable bonds is 6. The van der Waals surface area contributed by atoms with Crippen LogP contribution in [-0.2, 0) is 4.79 Å². The fourth-order valence-electron chi connectivity index (χ4n) is 2.88. The van der Waals surface area contributed by atoms with Crippen molar-refractivity contribution in [1.82, 2.24) is 20.0 Å². The van der Waals surface area contributed by atoms with Crippen molar-refractivity contribution in [3.05, 3.63) is 42.0 Å². The van der Waals surface area contributed by atoms with E-state index in [9.17, 15) is 4.79 Å². The van der Waals surface area contributed by atoms with E-state index in [2.05, 4.69) is 56.5 Å². The fraction of sp³-hybridized carbons (Fsp3) is 0.500. The number of benzene rings is 1. The molecule has 1 aliphatic heterocycles. The second kappa shape index (κ2) is 10.6. The highest BCUT2D eigenvalue weighted by molar-refractivity contribution is 5.81. The number of aliphatic imine (C=N–C) groups is 1. The van der Waals surface area contributed by atoms with Gasteiger partial charge in [-0.3, -0.25) is 14.7 Å². The zero-order valence-electron chi connectivity index (χ0n) is 16.2. The van der Waals surface area contributed by atoms with Gasteiger partial charge >= 0.3 is 0 Å². The first kappa shape index (κ1) is 20.0. The average Bonchev–Trinajstić information content (AvgIpc) is 2.66. The monoisotopic (exact) mass is 357 g/mol. The summed E-state index contributed by atoms with van der Waals surface area (Å²) in [5.74, 6) is 1.01. The minimum atomic E-state index is 0.128. The van der Waals surface area contributed by atoms with E-state index in [0.29, 0.717) is 13.0 Å². The molecular formula is C20H31N5O. The minimum absolute atomic E-state index is 0.128. The molecule has 0 aromatic heterocycles. The molecule has 6 nitrogen and oxygen atoms in total. The Morgan fingerprint density at radius 2 is 1.88 bits per heavy atom. The molecule has 0 unspecified atom stereocenters. The summed E-state index contributed by atoms with van der Waals surface area (Å²) < 4.78 is 0. The number of carbonyl (C=O) groups is 1. The Bertz CT molecular complexity index is 604. The van der Waals surface area contributed by atoms with Crippen molar-refractivity contribution in [2.24, 2.45) is 4.99 Å². The van der Waals surface area contributed by atoms with Crippen molar-refractivity contribution in [1.29, 1.82) is 0 Å². The summed E-state index contributed by atoms with van der Waals surface area (Å²) in [6.07, 6.45) is 4.88. The van der Waals surface area contributed by atoms with E-state index < -0.39 is 0 Å². The van der Waals surface area contributed by atoms with Crippen LogP contribution in [0.4, 0.5) is 0 Å². The average molecular weight is 358 g/mol. The number of carbonyl (C=O) groups excluding carboxylic acids is 1. The third-order valence-corrected chi connectivity index (χ3v) is 4.48. The molecule has 142 valence electrons. The summed E-state index contributed by atoms with van der Waals surface area (Å²) in [6, 6.07) is 10.4. The van der Waals surface area contributed by atoms with Gasteiger partial charge < -0.3 is 15.1 Å². The molecule has 0 bridgehead atoms. The minimum Gasteiger partial charge on any atom is -0.356 e. The quantitative estimate of drug-likeness (QED) is 0.617. The standard InChI is InChI=1S/C20H31N5O/c1-21-20(22-12-11-19(26)23(2)3)25-16-14-24(15-17-25)13-7-10-18-8-5-4-6-9-18/h4-10H,11-17H2,1-3H3,(H,21,22)/b10-7+. The summed E-state index contributed by atoms with van der Waals surface area (Å²) in [6.45, 7) is 5.49. The number of hydrogen-bond acceptors (Lipinski definition) is 3. The molecule has 0 atom stereocenters. The summed E-state index contributed by atoms with van der Waals surface area (Å²) in [5.41, 5.74) is 1.24. The zero-order valence-corrected chi connectivity index (χ0v) is 16.2. The Balaban J connectivity index is 1.71. The van der Waals surface area contributed by atoms with Crippen LogP contribution in [0.15, 0.2) is 41.4 Å². The lowest BCUT2D eigenvalue weighted by molar-refractivity contribution is -0.128. The van der Waals surface area contributed by atoms with Gasteiger partial charge in [0.2, 0.25) is 5.91 Å². The topological polar surface area (TPSA) is 51.2 Å². The third kappa shape index (κ3) is 6.52. The molecular weight excluding hydrogens is 326 g/mol. The lowest BCUT2D eigenvalue weighted by Crippen LogP contribution is -2.52. The van der Waals surface area contributed by atoms with Gasteiger partial charge in [0.05, 0.1) is 0 Å². The number of nitrogens with zero attached hydrogens (tertiary/aromatic N) is 4. The maximum atomic E-state index is 11.7. The van der Waals surface area contributed by atoms with E-state index in [1.54, 1.807) is 26.0 Å². The first-order valence-corrected chi connectivity index (χ1v) is 9.20. The SMILES string of the molecule is CN=C(NCCC(=O)N(C)C)N1CCN(C/C=C/c2ccccc2)CC1. The van der Waals surface area contributed by atoms with Gasteiger partial charge in [-0.25, -0.2) is 0 Å². The van der Waals surface area contributed by atoms with Gasteiger partial charge in [0.1, 0.15) is 0 Å². The zero-order chi connectivity index (χ0) is 18.8. The summed E-state index contributed by atoms with van der Waals surface area (Å²) >= 11 is 0. The molecule has 0 spiro atoms. The lowest BCUT2D eigenvalue weighted by atomic mass is 10.2. The largest absolute Gasteiger partial charge is 0.356 e. The Morgan fingerprint density at radius 3 is 2.50 bits per heavy atom. The van der Waals surface area contributed by atoms with Crippen LogP contribution in [0.5, 0.6) is 0 Å². The van der Waals surface area contributed by atoms with Crippen molar-refractivity contribution in [2.75, 3.05) is 60.4 Å². The van der Waals surface area contributed by atoms with E-state index in [1.165, 1.54) is 5.56 Å². The Labute approximate surface area is 157 Å². The number of amides is 1. The molecule has 26 heavy (non-hydrogen) atoms. The number of hydrogen-bond donors (Lipinski definition) is 1. The van der Waals surface area contributed by atoms with Gasteiger partial charge in [0.25, 0.3) is 0 Å². The second-order valence-corrected chi connectivity index (χ2v) is 6.61. The maximum Gasteiger partial charge on any atom is 0.223 e. The lowest BCUT2D eigenvalue weighted by Gasteiger charge is -2.36. The van der Waals surface area contributed by atoms with Crippen LogP contribution in [0.2, 0.25) is 0 Å². The Hall–Kier alpha value is -2.34. The molecule has 6 heteroatoms. The molecule has 1 N–H and O–H groups in total. The van der Waals surface area contributed by atoms with E-state index in [1.807, 2.05) is 6.07 Å². The number of nitrogens with one attached hydrogen (secondary N) is 1. The molecule has 1 aliphatic rings. The van der Waals surface area contributed by atoms with Crippen molar-refractivity contribution in [2.45, 2.75) is 6.42 Å². The predicted molar refractivity (Wildman–Crippen MR) is 108 cm³/mol. The van der Waals surface area contributed by atoms with E-state index in [4.69, 9.17) is 0 Å². The van der Waals surface area contributed by atoms with Crippen LogP contribution in [0.1, 0.15) is 12.0 Å². The van der Waals surface area contributed by atoms with Crippen LogP contribution >= 0.6 is 0 Å². The molecule has 2 rings (SSSR count). The Kier molecular flexibility index (Phi) is 8.15. The fourth-order valence-corrected chi connectivity index (χ4v) is 2.88. The molecule has 1 saturated heterocycles. The van der Waals surface area contributed by atoms with Gasteiger partial charge in [-0.2, -0.15) is 0 Å². The smallest absolute Gasteiger partial charge is 0.223 e. The van der Waals surface area contributed by atoms with Crippen LogP contribution in [0, 0.1) is 0 Å². The van der Waals surface area contributed by atoms with Gasteiger partial charge in [0, 0.05) is 66.8 Å². The number of piperazine rings is 1. The molecule has 1 heterocycles.